The summed E-state index contributed by atoms with van der Waals surface area (Å²) in [6.45, 7) is 0. The Morgan fingerprint density at radius 2 is 1.91 bits per heavy atom. The predicted octanol–water partition coefficient (Wildman–Crippen LogP) is 4.02. The van der Waals surface area contributed by atoms with Crippen molar-refractivity contribution in [2.45, 2.75) is 0 Å². The first-order valence-corrected chi connectivity index (χ1v) is 7.22. The number of ether oxygens (including phenoxy) is 1. The first-order valence-electron chi connectivity index (χ1n) is 7.22. The zero-order valence-electron chi connectivity index (χ0n) is 12.4. The number of pyridine rings is 1. The number of hydrogen-bond donors (Lipinski definition) is 0. The maximum atomic E-state index is 13.1. The molecule has 112 valence electrons. The van der Waals surface area contributed by atoms with Crippen molar-refractivity contribution in [1.82, 2.24) is 4.98 Å². The van der Waals surface area contributed by atoms with E-state index in [1.807, 2.05) is 36.4 Å². The summed E-state index contributed by atoms with van der Waals surface area (Å²) in [5.41, 5.74) is 1.33. The molecule has 2 aromatic heterocycles. The molecule has 0 atom stereocenters. The van der Waals surface area contributed by atoms with E-state index in [0.717, 1.165) is 10.8 Å². The number of methoxy groups -OCH3 is 1. The van der Waals surface area contributed by atoms with E-state index in [9.17, 15) is 4.79 Å². The quantitative estimate of drug-likeness (QED) is 0.525. The van der Waals surface area contributed by atoms with Crippen LogP contribution in [-0.2, 0) is 0 Å². The number of nitrogens with zero attached hydrogens (tertiary/aromatic N) is 1. The molecule has 0 N–H and O–H groups in total. The minimum Gasteiger partial charge on any atom is -0.494 e. The first-order chi connectivity index (χ1) is 11.3. The van der Waals surface area contributed by atoms with Crippen molar-refractivity contribution in [2.24, 2.45) is 0 Å². The fourth-order valence-corrected chi connectivity index (χ4v) is 2.82. The molecular formula is C19H13NO3. The van der Waals surface area contributed by atoms with Crippen LogP contribution in [0, 0.1) is 0 Å². The summed E-state index contributed by atoms with van der Waals surface area (Å²) in [5, 5.41) is 2.43. The van der Waals surface area contributed by atoms with Gasteiger partial charge in [-0.1, -0.05) is 30.3 Å². The molecule has 0 saturated heterocycles. The van der Waals surface area contributed by atoms with Gasteiger partial charge in [0.1, 0.15) is 23.3 Å². The number of fused-ring (bicyclic) bond motifs is 3. The van der Waals surface area contributed by atoms with Gasteiger partial charge in [-0.05, 0) is 29.0 Å². The summed E-state index contributed by atoms with van der Waals surface area (Å²) in [7, 11) is 1.55. The van der Waals surface area contributed by atoms with E-state index in [1.54, 1.807) is 25.4 Å². The third kappa shape index (κ3) is 2.07. The lowest BCUT2D eigenvalue weighted by Gasteiger charge is -2.08. The van der Waals surface area contributed by atoms with Crippen LogP contribution >= 0.6 is 0 Å². The monoisotopic (exact) mass is 303 g/mol. The summed E-state index contributed by atoms with van der Waals surface area (Å²) in [5.74, 6) is 0.541. The van der Waals surface area contributed by atoms with E-state index in [1.165, 1.54) is 6.26 Å². The van der Waals surface area contributed by atoms with Crippen LogP contribution < -0.4 is 10.2 Å². The zero-order valence-corrected chi connectivity index (χ0v) is 12.4. The Labute approximate surface area is 132 Å². The van der Waals surface area contributed by atoms with Crippen LogP contribution in [-0.4, -0.2) is 12.1 Å². The lowest BCUT2D eigenvalue weighted by atomic mass is 10.0. The predicted molar refractivity (Wildman–Crippen MR) is 89.8 cm³/mol. The van der Waals surface area contributed by atoms with Crippen LogP contribution in [0.2, 0.25) is 0 Å². The molecule has 0 spiro atoms. The molecule has 0 aliphatic carbocycles. The molecule has 2 aromatic carbocycles. The van der Waals surface area contributed by atoms with Crippen LogP contribution in [0.15, 0.2) is 70.2 Å². The first kappa shape index (κ1) is 13.5. The van der Waals surface area contributed by atoms with Crippen molar-refractivity contribution >= 4 is 21.7 Å². The van der Waals surface area contributed by atoms with Gasteiger partial charge in [-0.25, -0.2) is 0 Å². The highest BCUT2D eigenvalue weighted by Gasteiger charge is 2.15. The third-order valence-electron chi connectivity index (χ3n) is 3.91. The Bertz CT molecular complexity index is 1080. The second-order valence-electron chi connectivity index (χ2n) is 5.19. The lowest BCUT2D eigenvalue weighted by molar-refractivity contribution is 0.414. The Hall–Kier alpha value is -3.14. The van der Waals surface area contributed by atoms with Crippen molar-refractivity contribution in [2.75, 3.05) is 7.11 Å². The SMILES string of the molecule is COc1cccnc1-c1coc2ccc3ccccc3c2c1=O. The number of hydrogen-bond acceptors (Lipinski definition) is 4. The Morgan fingerprint density at radius 3 is 2.78 bits per heavy atom. The van der Waals surface area contributed by atoms with E-state index in [4.69, 9.17) is 9.15 Å². The van der Waals surface area contributed by atoms with E-state index in [-0.39, 0.29) is 5.43 Å². The summed E-state index contributed by atoms with van der Waals surface area (Å²) < 4.78 is 11.0. The minimum atomic E-state index is -0.111. The highest BCUT2D eigenvalue weighted by atomic mass is 16.5. The molecule has 23 heavy (non-hydrogen) atoms. The third-order valence-corrected chi connectivity index (χ3v) is 3.91. The molecule has 0 bridgehead atoms. The molecule has 0 saturated carbocycles. The Morgan fingerprint density at radius 1 is 1.04 bits per heavy atom. The van der Waals surface area contributed by atoms with E-state index in [0.29, 0.717) is 28.0 Å². The lowest BCUT2D eigenvalue weighted by Crippen LogP contribution is -2.07. The average Bonchev–Trinajstić information content (AvgIpc) is 2.61. The number of benzene rings is 2. The molecule has 0 aliphatic rings. The molecule has 0 unspecified atom stereocenters. The van der Waals surface area contributed by atoms with Gasteiger partial charge >= 0.3 is 0 Å². The second-order valence-corrected chi connectivity index (χ2v) is 5.19. The van der Waals surface area contributed by atoms with Crippen LogP contribution in [0.25, 0.3) is 33.0 Å². The largest absolute Gasteiger partial charge is 0.494 e. The maximum Gasteiger partial charge on any atom is 0.202 e. The smallest absolute Gasteiger partial charge is 0.202 e. The summed E-state index contributed by atoms with van der Waals surface area (Å²) in [6, 6.07) is 15.1. The van der Waals surface area contributed by atoms with Gasteiger partial charge in [0.2, 0.25) is 5.43 Å². The zero-order chi connectivity index (χ0) is 15.8. The molecule has 2 heterocycles. The van der Waals surface area contributed by atoms with Crippen molar-refractivity contribution in [3.8, 4) is 17.0 Å². The molecule has 0 radical (unpaired) electrons. The molecular weight excluding hydrogens is 290 g/mol. The Kier molecular flexibility index (Phi) is 3.08. The fraction of sp³-hybridized carbons (Fsp3) is 0.0526. The van der Waals surface area contributed by atoms with Crippen LogP contribution in [0.3, 0.4) is 0 Å². The molecule has 4 heteroatoms. The Balaban J connectivity index is 2.12. The molecule has 4 aromatic rings. The van der Waals surface area contributed by atoms with E-state index < -0.39 is 0 Å². The summed E-state index contributed by atoms with van der Waals surface area (Å²) >= 11 is 0. The molecule has 0 fully saturated rings. The van der Waals surface area contributed by atoms with Gasteiger partial charge in [0, 0.05) is 6.20 Å². The second kappa shape index (κ2) is 5.25. The number of rotatable bonds is 2. The normalized spacial score (nSPS) is 11.0. The minimum absolute atomic E-state index is 0.111. The highest BCUT2D eigenvalue weighted by Crippen LogP contribution is 2.29. The van der Waals surface area contributed by atoms with Crippen LogP contribution in [0.5, 0.6) is 5.75 Å². The highest BCUT2D eigenvalue weighted by molar-refractivity contribution is 6.06. The summed E-state index contributed by atoms with van der Waals surface area (Å²) in [4.78, 5) is 17.3. The van der Waals surface area contributed by atoms with Crippen molar-refractivity contribution < 1.29 is 9.15 Å². The van der Waals surface area contributed by atoms with Gasteiger partial charge < -0.3 is 9.15 Å². The van der Waals surface area contributed by atoms with Crippen LogP contribution in [0.1, 0.15) is 0 Å². The molecule has 0 amide bonds. The standard InChI is InChI=1S/C19H13NO3/c1-22-16-7-4-10-20-18(16)14-11-23-15-9-8-12-5-2-3-6-13(12)17(15)19(14)21/h2-11H,1H3. The van der Waals surface area contributed by atoms with Gasteiger partial charge in [-0.15, -0.1) is 0 Å². The van der Waals surface area contributed by atoms with Crippen molar-refractivity contribution in [3.63, 3.8) is 0 Å². The van der Waals surface area contributed by atoms with Gasteiger partial charge in [0.05, 0.1) is 18.1 Å². The van der Waals surface area contributed by atoms with Crippen molar-refractivity contribution in [3.05, 3.63) is 71.2 Å². The molecule has 4 rings (SSSR count). The van der Waals surface area contributed by atoms with Gasteiger partial charge in [-0.3, -0.25) is 9.78 Å². The van der Waals surface area contributed by atoms with Gasteiger partial charge in [-0.2, -0.15) is 0 Å². The van der Waals surface area contributed by atoms with Gasteiger partial charge in [0.25, 0.3) is 0 Å². The maximum absolute atomic E-state index is 13.1. The van der Waals surface area contributed by atoms with Crippen LogP contribution in [0.4, 0.5) is 0 Å². The van der Waals surface area contributed by atoms with E-state index in [2.05, 4.69) is 4.98 Å². The van der Waals surface area contributed by atoms with Gasteiger partial charge in [0.15, 0.2) is 0 Å². The van der Waals surface area contributed by atoms with E-state index >= 15 is 0 Å². The topological polar surface area (TPSA) is 52.3 Å². The average molecular weight is 303 g/mol. The van der Waals surface area contributed by atoms with Crippen molar-refractivity contribution in [1.29, 1.82) is 0 Å². The number of aromatic nitrogens is 1. The fourth-order valence-electron chi connectivity index (χ4n) is 2.82. The summed E-state index contributed by atoms with van der Waals surface area (Å²) in [6.07, 6.45) is 3.08. The molecule has 4 nitrogen and oxygen atoms in total. The molecule has 0 aliphatic heterocycles.